The minimum absolute atomic E-state index is 0.0270. The van der Waals surface area contributed by atoms with Gasteiger partial charge in [-0.05, 0) is 42.5 Å². The van der Waals surface area contributed by atoms with Gasteiger partial charge in [0.2, 0.25) is 5.91 Å². The van der Waals surface area contributed by atoms with Crippen LogP contribution in [0.15, 0.2) is 42.5 Å². The molecular formula is C20H19Cl2FN2O3. The van der Waals surface area contributed by atoms with Crippen LogP contribution in [0, 0.1) is 5.82 Å². The minimum atomic E-state index is -0.488. The maximum absolute atomic E-state index is 13.2. The average Bonchev–Trinajstić information content (AvgIpc) is 2.69. The summed E-state index contributed by atoms with van der Waals surface area (Å²) in [4.78, 5) is 28.2. The molecule has 1 heterocycles. The normalized spacial score (nSPS) is 14.1. The van der Waals surface area contributed by atoms with Crippen molar-refractivity contribution in [2.75, 3.05) is 32.8 Å². The molecule has 148 valence electrons. The Hall–Kier alpha value is -2.31. The number of hydrogen-bond acceptors (Lipinski definition) is 3. The number of piperazine rings is 1. The smallest absolute Gasteiger partial charge is 0.255 e. The third kappa shape index (κ3) is 5.14. The number of rotatable bonds is 5. The van der Waals surface area contributed by atoms with Crippen LogP contribution in [0.1, 0.15) is 16.8 Å². The summed E-state index contributed by atoms with van der Waals surface area (Å²) in [5.41, 5.74) is 0.263. The summed E-state index contributed by atoms with van der Waals surface area (Å²) >= 11 is 11.8. The highest BCUT2D eigenvalue weighted by molar-refractivity contribution is 6.33. The van der Waals surface area contributed by atoms with E-state index in [0.29, 0.717) is 37.0 Å². The topological polar surface area (TPSA) is 49.9 Å². The van der Waals surface area contributed by atoms with E-state index in [9.17, 15) is 14.0 Å². The molecule has 0 radical (unpaired) electrons. The fraction of sp³-hybridized carbons (Fsp3) is 0.300. The van der Waals surface area contributed by atoms with Crippen LogP contribution in [0.5, 0.6) is 5.75 Å². The van der Waals surface area contributed by atoms with Crippen molar-refractivity contribution in [3.63, 3.8) is 0 Å². The number of hydrogen-bond donors (Lipinski definition) is 0. The third-order valence-electron chi connectivity index (χ3n) is 4.48. The lowest BCUT2D eigenvalue weighted by Gasteiger charge is -2.35. The van der Waals surface area contributed by atoms with Gasteiger partial charge in [0.05, 0.1) is 23.6 Å². The van der Waals surface area contributed by atoms with Gasteiger partial charge in [-0.1, -0.05) is 23.2 Å². The first-order valence-electron chi connectivity index (χ1n) is 8.84. The van der Waals surface area contributed by atoms with Crippen molar-refractivity contribution in [2.24, 2.45) is 0 Å². The van der Waals surface area contributed by atoms with Crippen molar-refractivity contribution >= 4 is 35.0 Å². The molecule has 0 N–H and O–H groups in total. The molecular weight excluding hydrogens is 406 g/mol. The van der Waals surface area contributed by atoms with Crippen LogP contribution in [0.3, 0.4) is 0 Å². The van der Waals surface area contributed by atoms with Crippen LogP contribution in [0.25, 0.3) is 0 Å². The van der Waals surface area contributed by atoms with Crippen LogP contribution in [0.2, 0.25) is 10.0 Å². The lowest BCUT2D eigenvalue weighted by atomic mass is 10.1. The summed E-state index contributed by atoms with van der Waals surface area (Å²) in [7, 11) is 0. The molecule has 2 aromatic rings. The molecule has 5 nitrogen and oxygen atoms in total. The Morgan fingerprint density at radius 1 is 0.964 bits per heavy atom. The summed E-state index contributed by atoms with van der Waals surface area (Å²) < 4.78 is 18.7. The molecule has 0 saturated carbocycles. The van der Waals surface area contributed by atoms with Gasteiger partial charge in [0, 0.05) is 31.2 Å². The lowest BCUT2D eigenvalue weighted by molar-refractivity contribution is -0.133. The molecule has 1 aliphatic rings. The van der Waals surface area contributed by atoms with Crippen molar-refractivity contribution in [1.82, 2.24) is 9.80 Å². The zero-order chi connectivity index (χ0) is 20.1. The van der Waals surface area contributed by atoms with Crippen molar-refractivity contribution in [3.8, 4) is 5.75 Å². The quantitative estimate of drug-likeness (QED) is 0.731. The first-order chi connectivity index (χ1) is 13.4. The maximum atomic E-state index is 13.2. The number of carbonyl (C=O) groups excluding carboxylic acids is 2. The first-order valence-corrected chi connectivity index (χ1v) is 9.60. The summed E-state index contributed by atoms with van der Waals surface area (Å²) in [6.45, 7) is 1.94. The van der Waals surface area contributed by atoms with Crippen molar-refractivity contribution < 1.29 is 18.7 Å². The van der Waals surface area contributed by atoms with E-state index in [1.165, 1.54) is 12.1 Å². The fourth-order valence-corrected chi connectivity index (χ4v) is 3.31. The Labute approximate surface area is 172 Å². The van der Waals surface area contributed by atoms with Crippen LogP contribution in [-0.4, -0.2) is 54.4 Å². The third-order valence-corrected chi connectivity index (χ3v) is 5.04. The molecule has 2 amide bonds. The molecule has 0 spiro atoms. The van der Waals surface area contributed by atoms with Crippen LogP contribution >= 0.6 is 23.2 Å². The molecule has 2 aromatic carbocycles. The zero-order valence-corrected chi connectivity index (χ0v) is 16.5. The molecule has 1 fully saturated rings. The van der Waals surface area contributed by atoms with Gasteiger partial charge in [0.25, 0.3) is 5.91 Å². The predicted molar refractivity (Wildman–Crippen MR) is 105 cm³/mol. The average molecular weight is 425 g/mol. The maximum Gasteiger partial charge on any atom is 0.255 e. The summed E-state index contributed by atoms with van der Waals surface area (Å²) in [5.74, 6) is -0.120. The Kier molecular flexibility index (Phi) is 6.75. The number of carbonyl (C=O) groups is 2. The second-order valence-corrected chi connectivity index (χ2v) is 7.19. The van der Waals surface area contributed by atoms with Gasteiger partial charge in [-0.2, -0.15) is 0 Å². The molecule has 3 rings (SSSR count). The highest BCUT2D eigenvalue weighted by atomic mass is 35.5. The highest BCUT2D eigenvalue weighted by Gasteiger charge is 2.25. The second kappa shape index (κ2) is 9.26. The molecule has 28 heavy (non-hydrogen) atoms. The molecule has 0 bridgehead atoms. The Morgan fingerprint density at radius 3 is 2.25 bits per heavy atom. The van der Waals surface area contributed by atoms with Gasteiger partial charge in [0.15, 0.2) is 0 Å². The number of nitrogens with zero attached hydrogens (tertiary/aromatic N) is 2. The molecule has 0 atom stereocenters. The van der Waals surface area contributed by atoms with Crippen LogP contribution < -0.4 is 4.74 Å². The SMILES string of the molecule is O=C(CCOc1ccc(Cl)cc1)N1CCN(C(=O)c2ccc(F)cc2Cl)CC1. The summed E-state index contributed by atoms with van der Waals surface area (Å²) in [6.07, 6.45) is 0.250. The summed E-state index contributed by atoms with van der Waals surface area (Å²) in [6, 6.07) is 10.7. The molecule has 0 aliphatic carbocycles. The first kappa shape index (κ1) is 20.4. The van der Waals surface area contributed by atoms with Gasteiger partial charge in [-0.15, -0.1) is 0 Å². The second-order valence-electron chi connectivity index (χ2n) is 6.35. The van der Waals surface area contributed by atoms with E-state index in [-0.39, 0.29) is 35.4 Å². The number of benzene rings is 2. The van der Waals surface area contributed by atoms with E-state index in [2.05, 4.69) is 0 Å². The molecule has 1 aliphatic heterocycles. The number of halogens is 3. The number of ether oxygens (including phenoxy) is 1. The monoisotopic (exact) mass is 424 g/mol. The Balaban J connectivity index is 1.45. The van der Waals surface area contributed by atoms with Crippen molar-refractivity contribution in [1.29, 1.82) is 0 Å². The van der Waals surface area contributed by atoms with E-state index in [4.69, 9.17) is 27.9 Å². The fourth-order valence-electron chi connectivity index (χ4n) is 2.94. The largest absolute Gasteiger partial charge is 0.493 e. The summed E-state index contributed by atoms with van der Waals surface area (Å²) in [5, 5.41) is 0.709. The van der Waals surface area contributed by atoms with Crippen molar-refractivity contribution in [3.05, 3.63) is 63.9 Å². The predicted octanol–water partition coefficient (Wildman–Crippen LogP) is 3.89. The van der Waals surface area contributed by atoms with Crippen LogP contribution in [-0.2, 0) is 4.79 Å². The van der Waals surface area contributed by atoms with E-state index in [0.717, 1.165) is 6.07 Å². The Morgan fingerprint density at radius 2 is 1.61 bits per heavy atom. The van der Waals surface area contributed by atoms with E-state index in [1.54, 1.807) is 34.1 Å². The van der Waals surface area contributed by atoms with Gasteiger partial charge >= 0.3 is 0 Å². The van der Waals surface area contributed by atoms with Gasteiger partial charge in [-0.3, -0.25) is 9.59 Å². The van der Waals surface area contributed by atoms with E-state index >= 15 is 0 Å². The minimum Gasteiger partial charge on any atom is -0.493 e. The van der Waals surface area contributed by atoms with Gasteiger partial charge in [0.1, 0.15) is 11.6 Å². The molecule has 1 saturated heterocycles. The van der Waals surface area contributed by atoms with Crippen molar-refractivity contribution in [2.45, 2.75) is 6.42 Å². The van der Waals surface area contributed by atoms with Crippen LogP contribution in [0.4, 0.5) is 4.39 Å². The van der Waals surface area contributed by atoms with Gasteiger partial charge in [-0.25, -0.2) is 4.39 Å². The number of amides is 2. The molecule has 0 aromatic heterocycles. The highest BCUT2D eigenvalue weighted by Crippen LogP contribution is 2.20. The molecule has 8 heteroatoms. The van der Waals surface area contributed by atoms with E-state index in [1.807, 2.05) is 0 Å². The zero-order valence-electron chi connectivity index (χ0n) is 15.0. The Bertz CT molecular complexity index is 853. The molecule has 0 unspecified atom stereocenters. The van der Waals surface area contributed by atoms with E-state index < -0.39 is 5.82 Å². The van der Waals surface area contributed by atoms with Gasteiger partial charge < -0.3 is 14.5 Å². The lowest BCUT2D eigenvalue weighted by Crippen LogP contribution is -2.50. The standard InChI is InChI=1S/C20H19Cl2FN2O3/c21-14-1-4-16(5-2-14)28-12-7-19(26)24-8-10-25(11-9-24)20(27)17-6-3-15(23)13-18(17)22/h1-6,13H,7-12H2.